The molecule has 9 rings (SSSR count). The third kappa shape index (κ3) is 10.5. The van der Waals surface area contributed by atoms with E-state index in [1.807, 2.05) is 0 Å². The van der Waals surface area contributed by atoms with E-state index in [0.717, 1.165) is 35.5 Å². The second-order valence-electron chi connectivity index (χ2n) is 20.9. The van der Waals surface area contributed by atoms with E-state index in [1.165, 1.54) is 114 Å². The van der Waals surface area contributed by atoms with Gasteiger partial charge in [0.15, 0.2) is 0 Å². The lowest BCUT2D eigenvalue weighted by Gasteiger charge is -2.42. The Morgan fingerprint density at radius 2 is 1.27 bits per heavy atom. The standard InChI is InChI=1S/C67H70N2S/c1-10-11-23-50-29-34-64(49(5)38-50)68-45-70-69(56-32-30-53(31-33-56)51-24-17-14-18-25-51)65-37-46(2)22-16-12-13-21-28-57(65)61-42-54(52-26-19-15-20-27-52)41-55-39-47(3)58(43-60(55)61)59-44-63-62(40-48(59)4)66(6,7)35-36-67(63,8)9/h12-20,22,24-34,37-44,68H,2,10-11,21,23,35-36,45H2,1,3-9H3/b13-12-,22-16-,57-28-,65-37+. The Kier molecular flexibility index (Phi) is 14.4. The largest absolute Gasteiger partial charge is 0.374 e. The zero-order chi connectivity index (χ0) is 49.0. The Morgan fingerprint density at radius 1 is 0.629 bits per heavy atom. The summed E-state index contributed by atoms with van der Waals surface area (Å²) in [6, 6.07) is 52.4. The first kappa shape index (κ1) is 48.5. The highest BCUT2D eigenvalue weighted by molar-refractivity contribution is 8.00. The van der Waals surface area contributed by atoms with Gasteiger partial charge in [-0.25, -0.2) is 0 Å². The molecule has 0 bridgehead atoms. The van der Waals surface area contributed by atoms with Crippen LogP contribution >= 0.6 is 11.9 Å². The van der Waals surface area contributed by atoms with Crippen LogP contribution in [0.1, 0.15) is 106 Å². The van der Waals surface area contributed by atoms with Crippen LogP contribution < -0.4 is 9.62 Å². The van der Waals surface area contributed by atoms with Crippen molar-refractivity contribution in [3.8, 4) is 33.4 Å². The van der Waals surface area contributed by atoms with E-state index in [1.54, 1.807) is 11.9 Å². The topological polar surface area (TPSA) is 15.3 Å². The number of aryl methyl sites for hydroxylation is 4. The molecule has 2 aliphatic carbocycles. The summed E-state index contributed by atoms with van der Waals surface area (Å²) in [5.74, 6) is 0.654. The van der Waals surface area contributed by atoms with Crippen molar-refractivity contribution < 1.29 is 0 Å². The molecule has 7 aromatic carbocycles. The van der Waals surface area contributed by atoms with Gasteiger partial charge < -0.3 is 5.32 Å². The van der Waals surface area contributed by atoms with Gasteiger partial charge in [-0.3, -0.25) is 4.31 Å². The minimum atomic E-state index is 0.102. The van der Waals surface area contributed by atoms with E-state index in [0.29, 0.717) is 5.88 Å². The summed E-state index contributed by atoms with van der Waals surface area (Å²) in [7, 11) is 0. The van der Waals surface area contributed by atoms with E-state index in [4.69, 9.17) is 0 Å². The van der Waals surface area contributed by atoms with Crippen molar-refractivity contribution in [2.75, 3.05) is 15.5 Å². The first-order valence-electron chi connectivity index (χ1n) is 25.5. The maximum Gasteiger partial charge on any atom is 0.0814 e. The summed E-state index contributed by atoms with van der Waals surface area (Å²) in [5.41, 5.74) is 22.6. The summed E-state index contributed by atoms with van der Waals surface area (Å²) in [6.45, 7) is 23.5. The molecule has 0 amide bonds. The molecule has 2 aliphatic rings. The maximum absolute atomic E-state index is 4.65. The number of allylic oxidation sites excluding steroid dienone is 8. The van der Waals surface area contributed by atoms with E-state index in [2.05, 4.69) is 248 Å². The molecule has 0 saturated heterocycles. The van der Waals surface area contributed by atoms with E-state index < -0.39 is 0 Å². The van der Waals surface area contributed by atoms with Gasteiger partial charge in [-0.1, -0.05) is 181 Å². The zero-order valence-corrected chi connectivity index (χ0v) is 43.6. The molecule has 0 spiro atoms. The fourth-order valence-electron chi connectivity index (χ4n) is 10.5. The predicted octanol–water partition coefficient (Wildman–Crippen LogP) is 19.0. The van der Waals surface area contributed by atoms with Crippen LogP contribution in [0.5, 0.6) is 0 Å². The predicted molar refractivity (Wildman–Crippen MR) is 308 cm³/mol. The number of benzene rings is 7. The van der Waals surface area contributed by atoms with Crippen LogP contribution in [0.15, 0.2) is 194 Å². The molecule has 0 atom stereocenters. The van der Waals surface area contributed by atoms with Crippen molar-refractivity contribution in [1.29, 1.82) is 0 Å². The van der Waals surface area contributed by atoms with Crippen molar-refractivity contribution >= 4 is 39.7 Å². The number of anilines is 2. The zero-order valence-electron chi connectivity index (χ0n) is 42.8. The second kappa shape index (κ2) is 20.8. The maximum atomic E-state index is 4.65. The number of fused-ring (bicyclic) bond motifs is 2. The SMILES string of the molecule is C=C1/C=C\C=C/C/C=C(c2cc(-c3ccccc3)cc3cc(C)c(-c4cc5c(cc4C)C(C)(C)CCC5(C)C)cc23)\C(N(SCNc2ccc(CCCC)cc2C)c2ccc(-c3ccccc3)cc2)=C/1. The monoisotopic (exact) mass is 935 g/mol. The van der Waals surface area contributed by atoms with Crippen molar-refractivity contribution in [3.63, 3.8) is 0 Å². The molecule has 1 N–H and O–H groups in total. The molecule has 0 heterocycles. The second-order valence-corrected chi connectivity index (χ2v) is 21.8. The van der Waals surface area contributed by atoms with Gasteiger partial charge >= 0.3 is 0 Å². The summed E-state index contributed by atoms with van der Waals surface area (Å²) in [4.78, 5) is 0. The van der Waals surface area contributed by atoms with Gasteiger partial charge in [0.1, 0.15) is 0 Å². The van der Waals surface area contributed by atoms with Crippen LogP contribution in [0.3, 0.4) is 0 Å². The number of unbranched alkanes of at least 4 members (excludes halogenated alkanes) is 1. The third-order valence-corrected chi connectivity index (χ3v) is 15.7. The molecule has 7 aromatic rings. The normalized spacial score (nSPS) is 17.7. The Labute approximate surface area is 423 Å². The Balaban J connectivity index is 1.24. The van der Waals surface area contributed by atoms with E-state index >= 15 is 0 Å². The first-order valence-corrected chi connectivity index (χ1v) is 26.4. The van der Waals surface area contributed by atoms with Gasteiger partial charge in [-0.15, -0.1) is 0 Å². The number of nitrogens with one attached hydrogen (secondary N) is 1. The van der Waals surface area contributed by atoms with Crippen molar-refractivity contribution in [1.82, 2.24) is 0 Å². The van der Waals surface area contributed by atoms with Crippen LogP contribution in [0.4, 0.5) is 11.4 Å². The van der Waals surface area contributed by atoms with Gasteiger partial charge in [0.05, 0.1) is 17.3 Å². The molecule has 3 heteroatoms. The van der Waals surface area contributed by atoms with Gasteiger partial charge in [0, 0.05) is 11.3 Å². The van der Waals surface area contributed by atoms with Gasteiger partial charge in [-0.2, -0.15) is 0 Å². The molecule has 0 unspecified atom stereocenters. The molecular formula is C67H70N2S. The average Bonchev–Trinajstić information content (AvgIpc) is 3.36. The van der Waals surface area contributed by atoms with Gasteiger partial charge in [0.25, 0.3) is 0 Å². The lowest BCUT2D eigenvalue weighted by atomic mass is 9.62. The molecule has 0 fully saturated rings. The van der Waals surface area contributed by atoms with Crippen molar-refractivity contribution in [3.05, 3.63) is 233 Å². The smallest absolute Gasteiger partial charge is 0.0814 e. The first-order chi connectivity index (χ1) is 33.8. The van der Waals surface area contributed by atoms with Crippen molar-refractivity contribution in [2.45, 2.75) is 105 Å². The molecular weight excluding hydrogens is 865 g/mol. The summed E-state index contributed by atoms with van der Waals surface area (Å²) in [6.07, 6.45) is 20.0. The minimum Gasteiger partial charge on any atom is -0.374 e. The molecule has 0 saturated carbocycles. The highest BCUT2D eigenvalue weighted by Crippen LogP contribution is 2.49. The Hall–Kier alpha value is -6.55. The van der Waals surface area contributed by atoms with Crippen LogP contribution in [-0.2, 0) is 17.3 Å². The minimum absolute atomic E-state index is 0.102. The highest BCUT2D eigenvalue weighted by atomic mass is 32.2. The van der Waals surface area contributed by atoms with E-state index in [-0.39, 0.29) is 10.8 Å². The number of nitrogens with zero attached hydrogens (tertiary/aromatic N) is 1. The van der Waals surface area contributed by atoms with Gasteiger partial charge in [-0.05, 0) is 207 Å². The molecule has 0 radical (unpaired) electrons. The molecule has 354 valence electrons. The van der Waals surface area contributed by atoms with Crippen LogP contribution in [0.25, 0.3) is 49.7 Å². The van der Waals surface area contributed by atoms with Crippen LogP contribution in [0, 0.1) is 20.8 Å². The van der Waals surface area contributed by atoms with Gasteiger partial charge in [0.2, 0.25) is 0 Å². The lowest BCUT2D eigenvalue weighted by molar-refractivity contribution is 0.332. The number of rotatable bonds is 13. The Bertz CT molecular complexity index is 3160. The number of hydrogen-bond donors (Lipinski definition) is 1. The fraction of sp³-hybridized carbons (Fsp3) is 0.254. The summed E-state index contributed by atoms with van der Waals surface area (Å²) < 4.78 is 2.44. The van der Waals surface area contributed by atoms with E-state index in [9.17, 15) is 0 Å². The van der Waals surface area contributed by atoms with Crippen LogP contribution in [-0.4, -0.2) is 5.88 Å². The molecule has 0 aliphatic heterocycles. The Morgan fingerprint density at radius 3 is 1.96 bits per heavy atom. The highest BCUT2D eigenvalue weighted by Gasteiger charge is 2.37. The lowest BCUT2D eigenvalue weighted by Crippen LogP contribution is -2.34. The summed E-state index contributed by atoms with van der Waals surface area (Å²) >= 11 is 1.79. The summed E-state index contributed by atoms with van der Waals surface area (Å²) in [5, 5.41) is 6.31. The molecule has 70 heavy (non-hydrogen) atoms. The fourth-order valence-corrected chi connectivity index (χ4v) is 11.4. The third-order valence-electron chi connectivity index (χ3n) is 14.8. The molecule has 2 nitrogen and oxygen atoms in total. The molecule has 0 aromatic heterocycles. The number of hydrogen-bond acceptors (Lipinski definition) is 3. The quantitative estimate of drug-likeness (QED) is 0.0916. The van der Waals surface area contributed by atoms with Crippen molar-refractivity contribution in [2.24, 2.45) is 0 Å². The average molecular weight is 935 g/mol. The van der Waals surface area contributed by atoms with Crippen LogP contribution in [0.2, 0.25) is 0 Å².